The highest BCUT2D eigenvalue weighted by molar-refractivity contribution is 5.27. The normalized spacial score (nSPS) is 29.3. The molecule has 16 heavy (non-hydrogen) atoms. The third-order valence-corrected chi connectivity index (χ3v) is 3.39. The number of benzene rings is 1. The number of hydrogen-bond donors (Lipinski definition) is 2. The second-order valence-electron chi connectivity index (χ2n) is 4.74. The zero-order valence-electron chi connectivity index (χ0n) is 9.86. The van der Waals surface area contributed by atoms with E-state index in [1.165, 1.54) is 5.56 Å². The minimum Gasteiger partial charge on any atom is -0.497 e. The monoisotopic (exact) mass is 221 g/mol. The van der Waals surface area contributed by atoms with E-state index in [4.69, 9.17) is 4.74 Å². The van der Waals surface area contributed by atoms with Crippen LogP contribution >= 0.6 is 0 Å². The fraction of sp³-hybridized carbons (Fsp3) is 0.538. The van der Waals surface area contributed by atoms with Crippen molar-refractivity contribution in [1.29, 1.82) is 0 Å². The summed E-state index contributed by atoms with van der Waals surface area (Å²) in [5.74, 6) is 1.17. The van der Waals surface area contributed by atoms with Gasteiger partial charge in [0.1, 0.15) is 5.75 Å². The van der Waals surface area contributed by atoms with E-state index < -0.39 is 5.60 Å². The van der Waals surface area contributed by atoms with Crippen LogP contribution in [0.3, 0.4) is 0 Å². The summed E-state index contributed by atoms with van der Waals surface area (Å²) < 4.78 is 5.12. The fourth-order valence-corrected chi connectivity index (χ4v) is 2.20. The van der Waals surface area contributed by atoms with Gasteiger partial charge in [0.2, 0.25) is 0 Å². The molecule has 0 spiro atoms. The molecular formula is C13H19NO2. The molecule has 0 aromatic heterocycles. The van der Waals surface area contributed by atoms with E-state index in [-0.39, 0.29) is 0 Å². The maximum atomic E-state index is 10.1. The highest BCUT2D eigenvalue weighted by Gasteiger charge is 2.36. The Labute approximate surface area is 96.4 Å². The van der Waals surface area contributed by atoms with Crippen LogP contribution in [-0.4, -0.2) is 30.9 Å². The number of ether oxygens (including phenoxy) is 1. The molecule has 0 aliphatic carbocycles. The molecule has 1 saturated heterocycles. The Hall–Kier alpha value is -1.06. The minimum absolute atomic E-state index is 0.292. The summed E-state index contributed by atoms with van der Waals surface area (Å²) >= 11 is 0. The van der Waals surface area contributed by atoms with Crippen molar-refractivity contribution in [2.75, 3.05) is 20.2 Å². The maximum Gasteiger partial charge on any atom is 0.118 e. The van der Waals surface area contributed by atoms with Gasteiger partial charge in [-0.15, -0.1) is 0 Å². The molecule has 1 aromatic carbocycles. The van der Waals surface area contributed by atoms with Crippen LogP contribution in [0.4, 0.5) is 0 Å². The molecule has 3 nitrogen and oxygen atoms in total. The largest absolute Gasteiger partial charge is 0.497 e. The summed E-state index contributed by atoms with van der Waals surface area (Å²) in [4.78, 5) is 0. The Balaban J connectivity index is 2.03. The third kappa shape index (κ3) is 2.36. The number of β-amino-alcohol motifs (C(OH)–C–C–N with tert-alkyl or cyclic N) is 1. The smallest absolute Gasteiger partial charge is 0.118 e. The van der Waals surface area contributed by atoms with Gasteiger partial charge >= 0.3 is 0 Å². The molecular weight excluding hydrogens is 202 g/mol. The predicted octanol–water partition coefficient (Wildman–Crippen LogP) is 1.21. The van der Waals surface area contributed by atoms with Crippen molar-refractivity contribution in [3.63, 3.8) is 0 Å². The van der Waals surface area contributed by atoms with Gasteiger partial charge in [-0.05, 0) is 31.0 Å². The second-order valence-corrected chi connectivity index (χ2v) is 4.74. The van der Waals surface area contributed by atoms with Crippen molar-refractivity contribution in [1.82, 2.24) is 5.32 Å². The number of nitrogens with one attached hydrogen (secondary N) is 1. The second kappa shape index (κ2) is 4.44. The lowest BCUT2D eigenvalue weighted by Gasteiger charge is -2.24. The minimum atomic E-state index is -0.583. The summed E-state index contributed by atoms with van der Waals surface area (Å²) in [5.41, 5.74) is 0.662. The molecule has 2 N–H and O–H groups in total. The van der Waals surface area contributed by atoms with Crippen molar-refractivity contribution < 1.29 is 9.84 Å². The highest BCUT2D eigenvalue weighted by atomic mass is 16.5. The quantitative estimate of drug-likeness (QED) is 0.806. The Morgan fingerprint density at radius 3 is 2.62 bits per heavy atom. The van der Waals surface area contributed by atoms with E-state index in [2.05, 4.69) is 17.4 Å². The molecule has 1 heterocycles. The van der Waals surface area contributed by atoms with Gasteiger partial charge in [-0.3, -0.25) is 0 Å². The topological polar surface area (TPSA) is 41.5 Å². The van der Waals surface area contributed by atoms with Gasteiger partial charge in [0.15, 0.2) is 0 Å². The molecule has 88 valence electrons. The van der Waals surface area contributed by atoms with Crippen LogP contribution in [0.1, 0.15) is 12.5 Å². The SMILES string of the molecule is COc1ccc(CC2CNCC2(C)O)cc1. The van der Waals surface area contributed by atoms with Crippen molar-refractivity contribution in [3.05, 3.63) is 29.8 Å². The molecule has 2 atom stereocenters. The summed E-state index contributed by atoms with van der Waals surface area (Å²) in [6, 6.07) is 8.05. The average Bonchev–Trinajstić information content (AvgIpc) is 2.59. The van der Waals surface area contributed by atoms with E-state index in [9.17, 15) is 5.11 Å². The lowest BCUT2D eigenvalue weighted by Crippen LogP contribution is -2.34. The number of rotatable bonds is 3. The molecule has 0 saturated carbocycles. The summed E-state index contributed by atoms with van der Waals surface area (Å²) in [7, 11) is 1.67. The van der Waals surface area contributed by atoms with E-state index in [0.29, 0.717) is 12.5 Å². The highest BCUT2D eigenvalue weighted by Crippen LogP contribution is 2.25. The van der Waals surface area contributed by atoms with Crippen LogP contribution in [0.2, 0.25) is 0 Å². The van der Waals surface area contributed by atoms with Gasteiger partial charge in [0, 0.05) is 19.0 Å². The first-order valence-electron chi connectivity index (χ1n) is 5.68. The van der Waals surface area contributed by atoms with Crippen molar-refractivity contribution in [3.8, 4) is 5.75 Å². The summed E-state index contributed by atoms with van der Waals surface area (Å²) in [6.07, 6.45) is 0.907. The average molecular weight is 221 g/mol. The van der Waals surface area contributed by atoms with Gasteiger partial charge in [0.25, 0.3) is 0 Å². The van der Waals surface area contributed by atoms with Crippen LogP contribution < -0.4 is 10.1 Å². The number of methoxy groups -OCH3 is 1. The predicted molar refractivity (Wildman–Crippen MR) is 63.7 cm³/mol. The van der Waals surface area contributed by atoms with E-state index in [1.807, 2.05) is 19.1 Å². The lowest BCUT2D eigenvalue weighted by molar-refractivity contribution is 0.0363. The molecule has 1 aliphatic rings. The molecule has 2 rings (SSSR count). The molecule has 0 radical (unpaired) electrons. The molecule has 2 unspecified atom stereocenters. The Bertz CT molecular complexity index is 345. The summed E-state index contributed by atoms with van der Waals surface area (Å²) in [5, 5.41) is 13.4. The maximum absolute atomic E-state index is 10.1. The van der Waals surface area contributed by atoms with Crippen LogP contribution in [0, 0.1) is 5.92 Å². The Kier molecular flexibility index (Phi) is 3.17. The zero-order valence-corrected chi connectivity index (χ0v) is 9.86. The van der Waals surface area contributed by atoms with Crippen LogP contribution in [0.25, 0.3) is 0 Å². The van der Waals surface area contributed by atoms with Crippen LogP contribution in [0.5, 0.6) is 5.75 Å². The van der Waals surface area contributed by atoms with Crippen molar-refractivity contribution in [2.45, 2.75) is 18.9 Å². The van der Waals surface area contributed by atoms with Gasteiger partial charge < -0.3 is 15.2 Å². The van der Waals surface area contributed by atoms with Crippen molar-refractivity contribution >= 4 is 0 Å². The molecule has 0 amide bonds. The van der Waals surface area contributed by atoms with E-state index in [0.717, 1.165) is 18.7 Å². The number of aliphatic hydroxyl groups is 1. The van der Waals surface area contributed by atoms with Gasteiger partial charge in [-0.25, -0.2) is 0 Å². The van der Waals surface area contributed by atoms with E-state index >= 15 is 0 Å². The van der Waals surface area contributed by atoms with Gasteiger partial charge in [-0.1, -0.05) is 12.1 Å². The number of hydrogen-bond acceptors (Lipinski definition) is 3. The van der Waals surface area contributed by atoms with Crippen molar-refractivity contribution in [2.24, 2.45) is 5.92 Å². The van der Waals surface area contributed by atoms with Crippen LogP contribution in [-0.2, 0) is 6.42 Å². The standard InChI is InChI=1S/C13H19NO2/c1-13(15)9-14-8-11(13)7-10-3-5-12(16-2)6-4-10/h3-6,11,14-15H,7-9H2,1-2H3. The summed E-state index contributed by atoms with van der Waals surface area (Å²) in [6.45, 7) is 3.48. The molecule has 1 aliphatic heterocycles. The first-order valence-corrected chi connectivity index (χ1v) is 5.68. The molecule has 0 bridgehead atoms. The molecule has 1 fully saturated rings. The first-order chi connectivity index (χ1) is 7.62. The van der Waals surface area contributed by atoms with Gasteiger partial charge in [0.05, 0.1) is 12.7 Å². The van der Waals surface area contributed by atoms with E-state index in [1.54, 1.807) is 7.11 Å². The Morgan fingerprint density at radius 1 is 1.44 bits per heavy atom. The van der Waals surface area contributed by atoms with Gasteiger partial charge in [-0.2, -0.15) is 0 Å². The molecule has 3 heteroatoms. The fourth-order valence-electron chi connectivity index (χ4n) is 2.20. The van der Waals surface area contributed by atoms with Crippen LogP contribution in [0.15, 0.2) is 24.3 Å². The molecule has 1 aromatic rings. The lowest BCUT2D eigenvalue weighted by atomic mass is 9.87. The zero-order chi connectivity index (χ0) is 11.6. The Morgan fingerprint density at radius 2 is 2.12 bits per heavy atom. The first kappa shape index (κ1) is 11.4. The third-order valence-electron chi connectivity index (χ3n) is 3.39.